The van der Waals surface area contributed by atoms with Crippen molar-refractivity contribution in [3.63, 3.8) is 0 Å². The van der Waals surface area contributed by atoms with Crippen molar-refractivity contribution < 1.29 is 21.9 Å². The molecule has 1 aliphatic rings. The van der Waals surface area contributed by atoms with E-state index in [1.54, 1.807) is 6.07 Å². The zero-order valence-electron chi connectivity index (χ0n) is 15.6. The Balaban J connectivity index is 1.69. The predicted molar refractivity (Wildman–Crippen MR) is 104 cm³/mol. The highest BCUT2D eigenvalue weighted by Gasteiger charge is 2.20. The first kappa shape index (κ1) is 20.5. The molecule has 0 amide bonds. The van der Waals surface area contributed by atoms with Gasteiger partial charge in [-0.2, -0.15) is 8.78 Å². The SMILES string of the molecule is CCCN[C@@H]1CCc2cc(NS(=O)(=O)c3ccc(OC(F)F)cc3)ccc2C1. The number of hydrogen-bond donors (Lipinski definition) is 2. The summed E-state index contributed by atoms with van der Waals surface area (Å²) in [6, 6.07) is 10.9. The van der Waals surface area contributed by atoms with Gasteiger partial charge in [0, 0.05) is 11.7 Å². The van der Waals surface area contributed by atoms with Crippen LogP contribution < -0.4 is 14.8 Å². The summed E-state index contributed by atoms with van der Waals surface area (Å²) in [5.41, 5.74) is 2.87. The number of alkyl halides is 2. The van der Waals surface area contributed by atoms with Crippen molar-refractivity contribution in [2.75, 3.05) is 11.3 Å². The minimum atomic E-state index is -3.81. The standard InChI is InChI=1S/C20H24F2N2O3S/c1-2-11-23-16-5-3-15-13-17(6-4-14(15)12-16)24-28(25,26)19-9-7-18(8-10-19)27-20(21)22/h4,6-10,13,16,20,23-24H,2-3,5,11-12H2,1H3/t16-/m1/s1. The third kappa shape index (κ3) is 5.20. The molecule has 0 radical (unpaired) electrons. The Bertz CT molecular complexity index is 902. The minimum Gasteiger partial charge on any atom is -0.435 e. The van der Waals surface area contributed by atoms with Crippen LogP contribution in [0.4, 0.5) is 14.5 Å². The van der Waals surface area contributed by atoms with E-state index >= 15 is 0 Å². The molecule has 0 aromatic heterocycles. The molecule has 5 nitrogen and oxygen atoms in total. The lowest BCUT2D eigenvalue weighted by atomic mass is 9.88. The third-order valence-corrected chi connectivity index (χ3v) is 6.13. The molecular weight excluding hydrogens is 386 g/mol. The number of ether oxygens (including phenoxy) is 1. The Hall–Kier alpha value is -2.19. The molecule has 1 aliphatic carbocycles. The average Bonchev–Trinajstić information content (AvgIpc) is 2.66. The van der Waals surface area contributed by atoms with Gasteiger partial charge in [0.05, 0.1) is 4.90 Å². The van der Waals surface area contributed by atoms with E-state index in [0.717, 1.165) is 37.8 Å². The van der Waals surface area contributed by atoms with Crippen LogP contribution in [-0.2, 0) is 22.9 Å². The van der Waals surface area contributed by atoms with Crippen LogP contribution in [0.5, 0.6) is 5.75 Å². The lowest BCUT2D eigenvalue weighted by molar-refractivity contribution is -0.0498. The third-order valence-electron chi connectivity index (χ3n) is 4.73. The zero-order valence-corrected chi connectivity index (χ0v) is 16.4. The van der Waals surface area contributed by atoms with Crippen molar-refractivity contribution in [3.05, 3.63) is 53.6 Å². The van der Waals surface area contributed by atoms with E-state index in [9.17, 15) is 17.2 Å². The molecule has 0 spiro atoms. The molecule has 2 aromatic rings. The number of sulfonamides is 1. The largest absolute Gasteiger partial charge is 0.435 e. The smallest absolute Gasteiger partial charge is 0.387 e. The first-order chi connectivity index (χ1) is 13.4. The maximum atomic E-state index is 12.6. The Morgan fingerprint density at radius 1 is 1.14 bits per heavy atom. The second kappa shape index (κ2) is 8.87. The highest BCUT2D eigenvalue weighted by molar-refractivity contribution is 7.92. The Morgan fingerprint density at radius 2 is 1.89 bits per heavy atom. The summed E-state index contributed by atoms with van der Waals surface area (Å²) < 4.78 is 56.3. The average molecular weight is 410 g/mol. The summed E-state index contributed by atoms with van der Waals surface area (Å²) in [6.07, 6.45) is 3.95. The Labute approximate surface area is 164 Å². The number of hydrogen-bond acceptors (Lipinski definition) is 4. The number of rotatable bonds is 8. The van der Waals surface area contributed by atoms with Gasteiger partial charge in [-0.15, -0.1) is 0 Å². The van der Waals surface area contributed by atoms with E-state index < -0.39 is 16.6 Å². The minimum absolute atomic E-state index is 0.0179. The Kier molecular flexibility index (Phi) is 6.51. The van der Waals surface area contributed by atoms with Crippen molar-refractivity contribution in [1.82, 2.24) is 5.32 Å². The monoisotopic (exact) mass is 410 g/mol. The summed E-state index contributed by atoms with van der Waals surface area (Å²) >= 11 is 0. The topological polar surface area (TPSA) is 67.4 Å². The summed E-state index contributed by atoms with van der Waals surface area (Å²) in [4.78, 5) is -0.0179. The van der Waals surface area contributed by atoms with Gasteiger partial charge in [-0.05, 0) is 79.8 Å². The van der Waals surface area contributed by atoms with E-state index in [2.05, 4.69) is 21.7 Å². The summed E-state index contributed by atoms with van der Waals surface area (Å²) in [5.74, 6) is -0.0889. The fourth-order valence-corrected chi connectivity index (χ4v) is 4.41. The van der Waals surface area contributed by atoms with Crippen LogP contribution in [0.1, 0.15) is 30.9 Å². The van der Waals surface area contributed by atoms with Crippen LogP contribution in [0.25, 0.3) is 0 Å². The fraction of sp³-hybridized carbons (Fsp3) is 0.400. The van der Waals surface area contributed by atoms with Crippen LogP contribution in [0.15, 0.2) is 47.4 Å². The molecule has 0 bridgehead atoms. The van der Waals surface area contributed by atoms with Gasteiger partial charge in [0.15, 0.2) is 0 Å². The van der Waals surface area contributed by atoms with Crippen LogP contribution in [0.3, 0.4) is 0 Å². The predicted octanol–water partition coefficient (Wildman–Crippen LogP) is 3.95. The van der Waals surface area contributed by atoms with Gasteiger partial charge < -0.3 is 10.1 Å². The molecular formula is C20H24F2N2O3S. The first-order valence-electron chi connectivity index (χ1n) is 9.30. The maximum absolute atomic E-state index is 12.6. The van der Waals surface area contributed by atoms with E-state index in [-0.39, 0.29) is 10.6 Å². The second-order valence-electron chi connectivity index (χ2n) is 6.83. The van der Waals surface area contributed by atoms with Crippen molar-refractivity contribution in [2.45, 2.75) is 50.2 Å². The first-order valence-corrected chi connectivity index (χ1v) is 10.8. The summed E-state index contributed by atoms with van der Waals surface area (Å²) in [7, 11) is -3.81. The van der Waals surface area contributed by atoms with Gasteiger partial charge in [-0.1, -0.05) is 13.0 Å². The van der Waals surface area contributed by atoms with E-state index in [1.807, 2.05) is 12.1 Å². The van der Waals surface area contributed by atoms with Crippen LogP contribution >= 0.6 is 0 Å². The molecule has 3 rings (SSSR count). The van der Waals surface area contributed by atoms with E-state index in [0.29, 0.717) is 11.7 Å². The number of aryl methyl sites for hydroxylation is 1. The van der Waals surface area contributed by atoms with Crippen molar-refractivity contribution in [1.29, 1.82) is 0 Å². The molecule has 2 N–H and O–H groups in total. The number of nitrogens with one attached hydrogen (secondary N) is 2. The quantitative estimate of drug-likeness (QED) is 0.692. The maximum Gasteiger partial charge on any atom is 0.387 e. The molecule has 8 heteroatoms. The van der Waals surface area contributed by atoms with Crippen molar-refractivity contribution >= 4 is 15.7 Å². The Morgan fingerprint density at radius 3 is 2.57 bits per heavy atom. The lowest BCUT2D eigenvalue weighted by Crippen LogP contribution is -2.35. The molecule has 1 atom stereocenters. The molecule has 0 heterocycles. The number of fused-ring (bicyclic) bond motifs is 1. The number of anilines is 1. The van der Waals surface area contributed by atoms with Crippen LogP contribution in [0.2, 0.25) is 0 Å². The summed E-state index contributed by atoms with van der Waals surface area (Å²) in [6.45, 7) is 0.188. The number of benzene rings is 2. The number of halogens is 2. The molecule has 152 valence electrons. The molecule has 0 fully saturated rings. The van der Waals surface area contributed by atoms with Gasteiger partial charge in [0.2, 0.25) is 0 Å². The van der Waals surface area contributed by atoms with Gasteiger partial charge in [-0.25, -0.2) is 8.42 Å². The molecule has 28 heavy (non-hydrogen) atoms. The second-order valence-corrected chi connectivity index (χ2v) is 8.52. The van der Waals surface area contributed by atoms with E-state index in [4.69, 9.17) is 0 Å². The van der Waals surface area contributed by atoms with Gasteiger partial charge in [-0.3, -0.25) is 4.72 Å². The molecule has 2 aromatic carbocycles. The molecule has 0 aliphatic heterocycles. The summed E-state index contributed by atoms with van der Waals surface area (Å²) in [5, 5.41) is 3.53. The lowest BCUT2D eigenvalue weighted by Gasteiger charge is -2.26. The normalized spacial score (nSPS) is 16.6. The van der Waals surface area contributed by atoms with Gasteiger partial charge >= 0.3 is 6.61 Å². The zero-order chi connectivity index (χ0) is 20.1. The van der Waals surface area contributed by atoms with Crippen molar-refractivity contribution in [3.8, 4) is 5.75 Å². The van der Waals surface area contributed by atoms with Crippen LogP contribution in [-0.4, -0.2) is 27.6 Å². The molecule has 0 unspecified atom stereocenters. The van der Waals surface area contributed by atoms with Crippen LogP contribution in [0, 0.1) is 0 Å². The highest BCUT2D eigenvalue weighted by Crippen LogP contribution is 2.26. The molecule has 0 saturated carbocycles. The van der Waals surface area contributed by atoms with E-state index in [1.165, 1.54) is 29.8 Å². The van der Waals surface area contributed by atoms with Crippen molar-refractivity contribution in [2.24, 2.45) is 0 Å². The fourth-order valence-electron chi connectivity index (χ4n) is 3.36. The highest BCUT2D eigenvalue weighted by atomic mass is 32.2. The van der Waals surface area contributed by atoms with Gasteiger partial charge in [0.25, 0.3) is 10.0 Å². The molecule has 0 saturated heterocycles. The van der Waals surface area contributed by atoms with Gasteiger partial charge in [0.1, 0.15) is 5.75 Å².